The Bertz CT molecular complexity index is 499. The minimum absolute atomic E-state index is 0.305. The monoisotopic (exact) mass is 356 g/mol. The lowest BCUT2D eigenvalue weighted by molar-refractivity contribution is -0.204. The van der Waals surface area contributed by atoms with Crippen molar-refractivity contribution in [3.8, 4) is 0 Å². The quantitative estimate of drug-likeness (QED) is 0.640. The summed E-state index contributed by atoms with van der Waals surface area (Å²) < 4.78 is 0. The Kier molecular flexibility index (Phi) is 6.63. The SMILES string of the molecule is CC(C)C(CC(C)(C)C)(C(=O)O)C(CC(C)(C)C)(C(=O)O)C(C)(C)C. The number of hydrogen-bond donors (Lipinski definition) is 2. The molecule has 0 aliphatic carbocycles. The van der Waals surface area contributed by atoms with Gasteiger partial charge in [0.25, 0.3) is 0 Å². The summed E-state index contributed by atoms with van der Waals surface area (Å²) in [6.07, 6.45) is 0.617. The molecule has 0 spiro atoms. The van der Waals surface area contributed by atoms with Gasteiger partial charge in [-0.1, -0.05) is 76.2 Å². The third-order valence-electron chi connectivity index (χ3n) is 5.38. The van der Waals surface area contributed by atoms with Gasteiger partial charge in [0.1, 0.15) is 0 Å². The Morgan fingerprint density at radius 2 is 1.08 bits per heavy atom. The Labute approximate surface area is 154 Å². The lowest BCUT2D eigenvalue weighted by Crippen LogP contribution is -2.63. The average molecular weight is 357 g/mol. The molecule has 0 rings (SSSR count). The van der Waals surface area contributed by atoms with Crippen molar-refractivity contribution in [2.24, 2.45) is 33.0 Å². The van der Waals surface area contributed by atoms with E-state index in [1.54, 1.807) is 0 Å². The number of carboxylic acid groups (broad SMARTS) is 2. The van der Waals surface area contributed by atoms with Gasteiger partial charge in [0.15, 0.2) is 0 Å². The second kappa shape index (κ2) is 6.92. The minimum Gasteiger partial charge on any atom is -0.481 e. The van der Waals surface area contributed by atoms with Crippen LogP contribution in [0.2, 0.25) is 0 Å². The fourth-order valence-electron chi connectivity index (χ4n) is 4.66. The van der Waals surface area contributed by atoms with Gasteiger partial charge >= 0.3 is 11.9 Å². The predicted molar refractivity (Wildman–Crippen MR) is 103 cm³/mol. The number of carbonyl (C=O) groups is 2. The fraction of sp³-hybridized carbons (Fsp3) is 0.905. The van der Waals surface area contributed by atoms with Crippen molar-refractivity contribution in [3.63, 3.8) is 0 Å². The Hall–Kier alpha value is -1.06. The van der Waals surface area contributed by atoms with Crippen molar-refractivity contribution in [2.45, 2.75) is 89.0 Å². The fourth-order valence-corrected chi connectivity index (χ4v) is 4.66. The van der Waals surface area contributed by atoms with E-state index in [1.165, 1.54) is 0 Å². The number of hydrogen-bond acceptors (Lipinski definition) is 2. The molecule has 0 fully saturated rings. The Balaban J connectivity index is 7.18. The lowest BCUT2D eigenvalue weighted by atomic mass is 9.43. The van der Waals surface area contributed by atoms with Crippen LogP contribution in [0.5, 0.6) is 0 Å². The summed E-state index contributed by atoms with van der Waals surface area (Å²) in [7, 11) is 0. The van der Waals surface area contributed by atoms with Crippen molar-refractivity contribution in [1.82, 2.24) is 0 Å². The summed E-state index contributed by atoms with van der Waals surface area (Å²) in [5.74, 6) is -2.32. The predicted octanol–water partition coefficient (Wildman–Crippen LogP) is 5.70. The molecule has 0 saturated carbocycles. The van der Waals surface area contributed by atoms with E-state index in [2.05, 4.69) is 0 Å². The van der Waals surface area contributed by atoms with Crippen LogP contribution in [0.4, 0.5) is 0 Å². The third-order valence-corrected chi connectivity index (χ3v) is 5.38. The first-order valence-corrected chi connectivity index (χ1v) is 9.21. The highest BCUT2D eigenvalue weighted by Gasteiger charge is 2.68. The van der Waals surface area contributed by atoms with Crippen molar-refractivity contribution >= 4 is 11.9 Å². The van der Waals surface area contributed by atoms with Crippen LogP contribution >= 0.6 is 0 Å². The highest BCUT2D eigenvalue weighted by Crippen LogP contribution is 2.63. The zero-order chi connectivity index (χ0) is 20.6. The third kappa shape index (κ3) is 4.57. The van der Waals surface area contributed by atoms with Gasteiger partial charge in [-0.25, -0.2) is 0 Å². The molecule has 2 unspecified atom stereocenters. The lowest BCUT2D eigenvalue weighted by Gasteiger charge is -2.58. The number of rotatable bonds is 6. The number of aliphatic carboxylic acids is 2. The van der Waals surface area contributed by atoms with E-state index < -0.39 is 28.2 Å². The van der Waals surface area contributed by atoms with E-state index in [4.69, 9.17) is 0 Å². The van der Waals surface area contributed by atoms with Gasteiger partial charge < -0.3 is 10.2 Å². The summed E-state index contributed by atoms with van der Waals surface area (Å²) in [5, 5.41) is 20.9. The Morgan fingerprint density at radius 1 is 0.720 bits per heavy atom. The second-order valence-corrected chi connectivity index (χ2v) is 11.4. The van der Waals surface area contributed by atoms with E-state index in [0.717, 1.165) is 0 Å². The molecule has 148 valence electrons. The van der Waals surface area contributed by atoms with Gasteiger partial charge in [-0.3, -0.25) is 9.59 Å². The highest BCUT2D eigenvalue weighted by atomic mass is 16.4. The molecule has 0 aromatic heterocycles. The van der Waals surface area contributed by atoms with Gasteiger partial charge in [0.2, 0.25) is 0 Å². The zero-order valence-corrected chi connectivity index (χ0v) is 18.2. The maximum atomic E-state index is 12.8. The highest BCUT2D eigenvalue weighted by molar-refractivity contribution is 5.88. The number of carboxylic acids is 2. The van der Waals surface area contributed by atoms with Crippen molar-refractivity contribution < 1.29 is 19.8 Å². The Morgan fingerprint density at radius 3 is 1.24 bits per heavy atom. The first-order valence-electron chi connectivity index (χ1n) is 9.21. The smallest absolute Gasteiger partial charge is 0.311 e. The molecule has 0 aromatic carbocycles. The molecule has 0 aromatic rings. The van der Waals surface area contributed by atoms with Crippen LogP contribution in [0, 0.1) is 33.0 Å². The zero-order valence-electron chi connectivity index (χ0n) is 18.2. The van der Waals surface area contributed by atoms with Gasteiger partial charge in [-0.15, -0.1) is 0 Å². The molecule has 4 heteroatoms. The van der Waals surface area contributed by atoms with Gasteiger partial charge in [0, 0.05) is 0 Å². The molecule has 0 saturated heterocycles. The summed E-state index contributed by atoms with van der Waals surface area (Å²) in [5.41, 5.74) is -4.13. The first-order chi connectivity index (χ1) is 10.7. The van der Waals surface area contributed by atoms with Crippen LogP contribution in [0.15, 0.2) is 0 Å². The van der Waals surface area contributed by atoms with E-state index in [1.807, 2.05) is 76.2 Å². The summed E-state index contributed by atoms with van der Waals surface area (Å²) >= 11 is 0. The molecule has 2 atom stereocenters. The minimum atomic E-state index is -1.40. The molecule has 2 N–H and O–H groups in total. The molecule has 4 nitrogen and oxygen atoms in total. The van der Waals surface area contributed by atoms with Crippen molar-refractivity contribution in [2.75, 3.05) is 0 Å². The molecule has 0 amide bonds. The molecule has 0 radical (unpaired) electrons. The van der Waals surface area contributed by atoms with Crippen LogP contribution in [0.3, 0.4) is 0 Å². The van der Waals surface area contributed by atoms with E-state index in [9.17, 15) is 19.8 Å². The van der Waals surface area contributed by atoms with Crippen LogP contribution in [-0.2, 0) is 9.59 Å². The summed E-state index contributed by atoms with van der Waals surface area (Å²) in [6.45, 7) is 21.2. The van der Waals surface area contributed by atoms with E-state index in [-0.39, 0.29) is 16.7 Å². The van der Waals surface area contributed by atoms with Crippen LogP contribution < -0.4 is 0 Å². The molecule has 0 heterocycles. The molecule has 0 bridgehead atoms. The van der Waals surface area contributed by atoms with Gasteiger partial charge in [-0.2, -0.15) is 0 Å². The standard InChI is InChI=1S/C21H40O4/c1-14(2)20(15(22)23,12-17(3,4)5)21(16(24)25,19(9,10)11)13-18(6,7)8/h14H,12-13H2,1-11H3,(H,22,23)(H,24,25). The topological polar surface area (TPSA) is 74.6 Å². The molecular weight excluding hydrogens is 316 g/mol. The van der Waals surface area contributed by atoms with E-state index in [0.29, 0.717) is 12.8 Å². The van der Waals surface area contributed by atoms with Crippen molar-refractivity contribution in [3.05, 3.63) is 0 Å². The average Bonchev–Trinajstić information content (AvgIpc) is 2.27. The maximum Gasteiger partial charge on any atom is 0.311 e. The second-order valence-electron chi connectivity index (χ2n) is 11.4. The van der Waals surface area contributed by atoms with Crippen LogP contribution in [0.1, 0.15) is 89.0 Å². The molecule has 0 aliphatic rings. The van der Waals surface area contributed by atoms with Crippen LogP contribution in [-0.4, -0.2) is 22.2 Å². The summed E-state index contributed by atoms with van der Waals surface area (Å²) in [6, 6.07) is 0. The molecule has 25 heavy (non-hydrogen) atoms. The van der Waals surface area contributed by atoms with Crippen LogP contribution in [0.25, 0.3) is 0 Å². The van der Waals surface area contributed by atoms with Crippen molar-refractivity contribution in [1.29, 1.82) is 0 Å². The first kappa shape index (κ1) is 23.9. The van der Waals surface area contributed by atoms with Gasteiger partial charge in [-0.05, 0) is 35.0 Å². The normalized spacial score (nSPS) is 18.6. The molecule has 0 aliphatic heterocycles. The summed E-state index contributed by atoms with van der Waals surface area (Å²) in [4.78, 5) is 25.6. The van der Waals surface area contributed by atoms with E-state index >= 15 is 0 Å². The maximum absolute atomic E-state index is 12.8. The largest absolute Gasteiger partial charge is 0.481 e. The van der Waals surface area contributed by atoms with Gasteiger partial charge in [0.05, 0.1) is 10.8 Å². The molecular formula is C21H40O4.